The van der Waals surface area contributed by atoms with E-state index < -0.39 is 0 Å². The van der Waals surface area contributed by atoms with Crippen LogP contribution in [0.15, 0.2) is 47.8 Å². The van der Waals surface area contributed by atoms with Crippen LogP contribution in [0.2, 0.25) is 0 Å². The van der Waals surface area contributed by atoms with Gasteiger partial charge in [0, 0.05) is 39.6 Å². The average molecular weight is 408 g/mol. The molecular weight excluding hydrogens is 383 g/mol. The fourth-order valence-corrected chi connectivity index (χ4v) is 2.97. The van der Waals surface area contributed by atoms with Crippen molar-refractivity contribution >= 4 is 12.2 Å². The molecule has 0 heterocycles. The quantitative estimate of drug-likeness (QED) is 0.697. The van der Waals surface area contributed by atoms with Gasteiger partial charge in [-0.2, -0.15) is 48.5 Å². The molecule has 0 saturated heterocycles. The molecule has 3 heteroatoms. The second-order valence-corrected chi connectivity index (χ2v) is 6.66. The summed E-state index contributed by atoms with van der Waals surface area (Å²) in [6.07, 6.45) is 6.59. The van der Waals surface area contributed by atoms with Crippen molar-refractivity contribution in [3.63, 3.8) is 0 Å². The molecule has 2 aliphatic carbocycles. The smallest absolute Gasteiger partial charge is 0.382 e. The fourth-order valence-electron chi connectivity index (χ4n) is 2.97. The molecule has 0 radical (unpaired) electrons. The van der Waals surface area contributed by atoms with E-state index in [1.165, 1.54) is 33.6 Å². The molecule has 0 atom stereocenters. The van der Waals surface area contributed by atoms with Gasteiger partial charge in [-0.1, -0.05) is 12.2 Å². The van der Waals surface area contributed by atoms with Gasteiger partial charge in [-0.15, -0.1) is 22.3 Å². The van der Waals surface area contributed by atoms with Crippen LogP contribution in [0.1, 0.15) is 22.3 Å². The zero-order chi connectivity index (χ0) is 17.1. The molecule has 2 aromatic carbocycles. The third-order valence-electron chi connectivity index (χ3n) is 4.52. The van der Waals surface area contributed by atoms with Gasteiger partial charge in [0.2, 0.25) is 0 Å². The molecule has 0 N–H and O–H groups in total. The molecule has 0 saturated carbocycles. The number of nitrogens with zero attached hydrogens (tertiary/aromatic N) is 2. The minimum Gasteiger partial charge on any atom is -0.382 e. The largest absolute Gasteiger partial charge is 2.00 e. The topological polar surface area (TPSA) is 6.48 Å². The summed E-state index contributed by atoms with van der Waals surface area (Å²) in [6, 6.07) is 18.5. The first kappa shape index (κ1) is 19.7. The van der Waals surface area contributed by atoms with E-state index in [0.29, 0.717) is 0 Å². The van der Waals surface area contributed by atoms with Crippen molar-refractivity contribution in [1.29, 1.82) is 0 Å². The Kier molecular flexibility index (Phi) is 6.84. The predicted molar refractivity (Wildman–Crippen MR) is 101 cm³/mol. The van der Waals surface area contributed by atoms with E-state index in [1.54, 1.807) is 0 Å². The molecule has 2 aromatic rings. The van der Waals surface area contributed by atoms with Crippen molar-refractivity contribution in [2.24, 2.45) is 0 Å². The van der Waals surface area contributed by atoms with Gasteiger partial charge in [-0.25, -0.2) is 0 Å². The molecule has 0 spiro atoms. The molecule has 126 valence electrons. The van der Waals surface area contributed by atoms with Gasteiger partial charge >= 0.3 is 26.2 Å². The Morgan fingerprint density at radius 2 is 1.12 bits per heavy atom. The van der Waals surface area contributed by atoms with E-state index in [-0.39, 0.29) is 26.2 Å². The van der Waals surface area contributed by atoms with Crippen molar-refractivity contribution in [1.82, 2.24) is 9.80 Å². The molecule has 0 unspecified atom stereocenters. The molecule has 25 heavy (non-hydrogen) atoms. The van der Waals surface area contributed by atoms with Crippen molar-refractivity contribution in [3.8, 4) is 0 Å². The second kappa shape index (κ2) is 8.67. The first-order chi connectivity index (χ1) is 11.5. The maximum absolute atomic E-state index is 3.09. The first-order valence-electron chi connectivity index (χ1n) is 8.28. The summed E-state index contributed by atoms with van der Waals surface area (Å²) >= 11 is 0. The Bertz CT molecular complexity index is 721. The van der Waals surface area contributed by atoms with E-state index in [2.05, 4.69) is 74.4 Å². The molecule has 0 amide bonds. The van der Waals surface area contributed by atoms with Gasteiger partial charge in [0.25, 0.3) is 0 Å². The van der Waals surface area contributed by atoms with Crippen LogP contribution in [-0.2, 0) is 39.0 Å². The van der Waals surface area contributed by atoms with E-state index >= 15 is 0 Å². The number of hydrogen-bond donors (Lipinski definition) is 0. The van der Waals surface area contributed by atoms with Crippen LogP contribution < -0.4 is 0 Å². The van der Waals surface area contributed by atoms with E-state index in [0.717, 1.165) is 12.8 Å². The molecule has 2 nitrogen and oxygen atoms in total. The first-order valence-corrected chi connectivity index (χ1v) is 8.28. The molecule has 0 fully saturated rings. The number of fused-ring (bicyclic) bond motifs is 2. The fraction of sp³-hybridized carbons (Fsp3) is 0.273. The Balaban J connectivity index is 0.000000173. The standard InChI is InChI=1S/2C11H12N.Zr/c2*1-12(2)11-7-9-5-3-4-6-10(9)8-11;/h2*3,5-6,8H,7H2,1-2H3;/q2*-1;+2. The van der Waals surface area contributed by atoms with Gasteiger partial charge < -0.3 is 9.80 Å². The van der Waals surface area contributed by atoms with Crippen LogP contribution in [0.3, 0.4) is 0 Å². The average Bonchev–Trinajstić information content (AvgIpc) is 3.19. The van der Waals surface area contributed by atoms with E-state index in [1.807, 2.05) is 24.3 Å². The second-order valence-electron chi connectivity index (χ2n) is 6.66. The maximum Gasteiger partial charge on any atom is 2.00 e. The third-order valence-corrected chi connectivity index (χ3v) is 4.52. The van der Waals surface area contributed by atoms with Gasteiger partial charge in [0.15, 0.2) is 0 Å². The summed E-state index contributed by atoms with van der Waals surface area (Å²) in [7, 11) is 8.34. The maximum atomic E-state index is 3.09. The predicted octanol–water partition coefficient (Wildman–Crippen LogP) is 3.89. The monoisotopic (exact) mass is 406 g/mol. The summed E-state index contributed by atoms with van der Waals surface area (Å²) in [5.41, 5.74) is 8.23. The summed E-state index contributed by atoms with van der Waals surface area (Å²) in [4.78, 5) is 4.33. The zero-order valence-electron chi connectivity index (χ0n) is 15.4. The van der Waals surface area contributed by atoms with E-state index in [9.17, 15) is 0 Å². The number of allylic oxidation sites excluding steroid dienone is 2. The van der Waals surface area contributed by atoms with Gasteiger partial charge in [0.05, 0.1) is 0 Å². The molecule has 4 rings (SSSR count). The Hall–Kier alpha value is -1.60. The number of likely N-dealkylation sites (N-methyl/N-ethyl adjacent to an activating group) is 2. The van der Waals surface area contributed by atoms with Crippen LogP contribution >= 0.6 is 0 Å². The van der Waals surface area contributed by atoms with Crippen molar-refractivity contribution in [2.75, 3.05) is 28.2 Å². The summed E-state index contributed by atoms with van der Waals surface area (Å²) in [5, 5.41) is 0. The molecule has 0 bridgehead atoms. The van der Waals surface area contributed by atoms with Crippen LogP contribution in [0, 0.1) is 12.1 Å². The summed E-state index contributed by atoms with van der Waals surface area (Å²) in [5.74, 6) is 0. The van der Waals surface area contributed by atoms with Crippen LogP contribution in [0.4, 0.5) is 0 Å². The van der Waals surface area contributed by atoms with Crippen molar-refractivity contribution in [2.45, 2.75) is 12.8 Å². The molecule has 2 aliphatic rings. The normalized spacial score (nSPS) is 13.4. The zero-order valence-corrected chi connectivity index (χ0v) is 17.9. The SMILES string of the molecule is CN(C)C1=Cc2c[c-]ccc2C1.CN(C)C1=Cc2c[c-]ccc2C1.[Zr+2]. The minimum absolute atomic E-state index is 0. The van der Waals surface area contributed by atoms with Crippen LogP contribution in [-0.4, -0.2) is 38.0 Å². The van der Waals surface area contributed by atoms with Crippen molar-refractivity contribution in [3.05, 3.63) is 82.2 Å². The van der Waals surface area contributed by atoms with Crippen LogP contribution in [0.25, 0.3) is 12.2 Å². The summed E-state index contributed by atoms with van der Waals surface area (Å²) < 4.78 is 0. The number of rotatable bonds is 2. The molecule has 0 aliphatic heterocycles. The molecule has 0 aromatic heterocycles. The van der Waals surface area contributed by atoms with Gasteiger partial charge in [-0.05, 0) is 12.8 Å². The minimum atomic E-state index is 0. The van der Waals surface area contributed by atoms with E-state index in [4.69, 9.17) is 0 Å². The number of hydrogen-bond acceptors (Lipinski definition) is 2. The Labute approximate surface area is 171 Å². The number of benzene rings is 2. The van der Waals surface area contributed by atoms with Crippen molar-refractivity contribution < 1.29 is 26.2 Å². The Morgan fingerprint density at radius 1 is 0.720 bits per heavy atom. The van der Waals surface area contributed by atoms with Crippen LogP contribution in [0.5, 0.6) is 0 Å². The van der Waals surface area contributed by atoms with Gasteiger partial charge in [0.1, 0.15) is 0 Å². The Morgan fingerprint density at radius 3 is 1.44 bits per heavy atom. The van der Waals surface area contributed by atoms with Gasteiger partial charge in [-0.3, -0.25) is 0 Å². The molecular formula is C22H24N2Zr. The third kappa shape index (κ3) is 4.73. The summed E-state index contributed by atoms with van der Waals surface area (Å²) in [6.45, 7) is 0.